The first kappa shape index (κ1) is 38.2. The predicted octanol–water partition coefficient (Wildman–Crippen LogP) is 5.80. The summed E-state index contributed by atoms with van der Waals surface area (Å²) in [4.78, 5) is 49.6. The molecule has 1 unspecified atom stereocenters. The molecule has 1 atom stereocenters. The lowest BCUT2D eigenvalue weighted by Crippen LogP contribution is -2.41. The Bertz CT molecular complexity index is 2510. The molecule has 4 heterocycles. The van der Waals surface area contributed by atoms with Crippen LogP contribution in [0.5, 0.6) is 0 Å². The number of carboxylic acid groups (broad SMARTS) is 1. The number of H-pyrrole nitrogens is 2. The number of aromatic amines is 2. The van der Waals surface area contributed by atoms with Gasteiger partial charge in [-0.05, 0) is 73.2 Å². The summed E-state index contributed by atoms with van der Waals surface area (Å²) in [6.07, 6.45) is 4.53. The van der Waals surface area contributed by atoms with Crippen molar-refractivity contribution in [2.45, 2.75) is 50.7 Å². The molecule has 1 amide bonds. The number of halogens is 2. The Morgan fingerprint density at radius 2 is 1.27 bits per heavy atom. The first-order valence-corrected chi connectivity index (χ1v) is 18.4. The smallest absolute Gasteiger partial charge is 0.338 e. The quantitative estimate of drug-likeness (QED) is 0.165. The summed E-state index contributed by atoms with van der Waals surface area (Å²) in [5.74, 6) is -2.95. The van der Waals surface area contributed by atoms with Crippen LogP contribution in [0.25, 0.3) is 21.5 Å². The van der Waals surface area contributed by atoms with E-state index in [9.17, 15) is 28.0 Å². The summed E-state index contributed by atoms with van der Waals surface area (Å²) in [6.45, 7) is 2.47. The van der Waals surface area contributed by atoms with Gasteiger partial charge in [-0.15, -0.1) is 0 Å². The Balaban J connectivity index is 0.000000189. The number of amides is 1. The minimum atomic E-state index is -1.32. The highest BCUT2D eigenvalue weighted by atomic mass is 19.1. The van der Waals surface area contributed by atoms with Crippen molar-refractivity contribution in [3.63, 3.8) is 0 Å². The molecule has 8 rings (SSSR count). The first-order chi connectivity index (χ1) is 27.1. The SMILES string of the molecule is O=C(O)c1cc(Cc2n[nH]c(=O)c3ccccc23)ccc1F.O=C(c1cc(Cc2n[nH]c(=O)c3ccccc23)ccc1F)N1CCC(OCC2CCCO2)CC1. The van der Waals surface area contributed by atoms with E-state index in [-0.39, 0.29) is 46.8 Å². The van der Waals surface area contributed by atoms with Gasteiger partial charge in [0.1, 0.15) is 11.6 Å². The normalized spacial score (nSPS) is 15.8. The number of aromatic carboxylic acids is 1. The maximum atomic E-state index is 14.6. The van der Waals surface area contributed by atoms with E-state index >= 15 is 0 Å². The molecule has 12 nitrogen and oxygen atoms in total. The van der Waals surface area contributed by atoms with Crippen LogP contribution in [-0.2, 0) is 22.3 Å². The lowest BCUT2D eigenvalue weighted by atomic mass is 10.0. The highest BCUT2D eigenvalue weighted by Gasteiger charge is 2.27. The number of carbonyl (C=O) groups excluding carboxylic acids is 1. The monoisotopic (exact) mass is 763 g/mol. The zero-order chi connectivity index (χ0) is 39.2. The van der Waals surface area contributed by atoms with Crippen molar-refractivity contribution in [1.29, 1.82) is 0 Å². The molecule has 56 heavy (non-hydrogen) atoms. The van der Waals surface area contributed by atoms with E-state index < -0.39 is 17.6 Å². The molecule has 2 fully saturated rings. The third-order valence-electron chi connectivity index (χ3n) is 10.1. The van der Waals surface area contributed by atoms with Crippen molar-refractivity contribution in [2.75, 3.05) is 26.3 Å². The van der Waals surface area contributed by atoms with Gasteiger partial charge in [0, 0.05) is 43.3 Å². The zero-order valence-electron chi connectivity index (χ0n) is 30.3. The highest BCUT2D eigenvalue weighted by molar-refractivity contribution is 5.95. The summed E-state index contributed by atoms with van der Waals surface area (Å²) in [7, 11) is 0. The van der Waals surface area contributed by atoms with Crippen LogP contribution >= 0.6 is 0 Å². The van der Waals surface area contributed by atoms with Crippen LogP contribution in [0.3, 0.4) is 0 Å². The minimum absolute atomic E-state index is 0.0601. The van der Waals surface area contributed by atoms with E-state index in [1.807, 2.05) is 12.1 Å². The second-order valence-corrected chi connectivity index (χ2v) is 13.8. The Morgan fingerprint density at radius 1 is 0.750 bits per heavy atom. The van der Waals surface area contributed by atoms with E-state index in [0.717, 1.165) is 49.3 Å². The second kappa shape index (κ2) is 17.1. The Morgan fingerprint density at radius 3 is 1.79 bits per heavy atom. The van der Waals surface area contributed by atoms with Crippen molar-refractivity contribution in [3.05, 3.63) is 151 Å². The summed E-state index contributed by atoms with van der Waals surface area (Å²) in [5, 5.41) is 24.6. The number of carbonyl (C=O) groups is 2. The zero-order valence-corrected chi connectivity index (χ0v) is 30.3. The lowest BCUT2D eigenvalue weighted by molar-refractivity contribution is -0.0395. The highest BCUT2D eigenvalue weighted by Crippen LogP contribution is 2.23. The number of nitrogens with one attached hydrogen (secondary N) is 2. The summed E-state index contributed by atoms with van der Waals surface area (Å²) in [5.41, 5.74) is 1.76. The number of rotatable bonds is 9. The number of carboxylic acids is 1. The number of aromatic nitrogens is 4. The number of fused-ring (bicyclic) bond motifs is 2. The topological polar surface area (TPSA) is 168 Å². The van der Waals surface area contributed by atoms with Crippen LogP contribution in [0.15, 0.2) is 94.5 Å². The standard InChI is InChI=1S/C26H28FN3O4.C16H11FN2O3/c27-23-8-7-17(15-24-20-5-1-2-6-21(20)25(31)29-28-24)14-22(23)26(32)30-11-9-18(10-12-30)34-16-19-4-3-13-33-19;17-13-6-5-9(7-12(13)16(21)22)8-14-10-3-1-2-4-11(10)15(20)19-18-14/h1-2,5-8,14,18-19H,3-4,9-13,15-16H2,(H,29,31);1-7H,8H2,(H,19,20)(H,21,22). The van der Waals surface area contributed by atoms with Crippen LogP contribution in [0.1, 0.15) is 68.9 Å². The third-order valence-corrected chi connectivity index (χ3v) is 10.1. The lowest BCUT2D eigenvalue weighted by Gasteiger charge is -2.32. The second-order valence-electron chi connectivity index (χ2n) is 13.8. The van der Waals surface area contributed by atoms with Gasteiger partial charge < -0.3 is 19.5 Å². The number of likely N-dealkylation sites (tertiary alicyclic amines) is 1. The van der Waals surface area contributed by atoms with E-state index in [1.54, 1.807) is 53.4 Å². The number of nitrogens with zero attached hydrogens (tertiary/aromatic N) is 3. The average Bonchev–Trinajstić information content (AvgIpc) is 3.75. The molecule has 0 spiro atoms. The summed E-state index contributed by atoms with van der Waals surface area (Å²) >= 11 is 0. The molecule has 288 valence electrons. The van der Waals surface area contributed by atoms with Gasteiger partial charge in [0.15, 0.2) is 0 Å². The van der Waals surface area contributed by atoms with Crippen molar-refractivity contribution < 1.29 is 33.0 Å². The molecular formula is C42H39F2N5O7. The molecule has 2 aliphatic heterocycles. The van der Waals surface area contributed by atoms with Crippen LogP contribution in [0.2, 0.25) is 0 Å². The summed E-state index contributed by atoms with van der Waals surface area (Å²) in [6, 6.07) is 22.7. The molecule has 0 aliphatic carbocycles. The van der Waals surface area contributed by atoms with Crippen LogP contribution < -0.4 is 11.1 Å². The van der Waals surface area contributed by atoms with Gasteiger partial charge in [-0.3, -0.25) is 14.4 Å². The molecule has 2 saturated heterocycles. The number of hydrogen-bond donors (Lipinski definition) is 3. The van der Waals surface area contributed by atoms with Crippen molar-refractivity contribution >= 4 is 33.4 Å². The van der Waals surface area contributed by atoms with Gasteiger partial charge in [0.05, 0.1) is 52.1 Å². The number of hydrogen-bond acceptors (Lipinski definition) is 8. The van der Waals surface area contributed by atoms with Crippen molar-refractivity contribution in [3.8, 4) is 0 Å². The van der Waals surface area contributed by atoms with Crippen LogP contribution in [0, 0.1) is 11.6 Å². The molecule has 2 aromatic heterocycles. The molecule has 0 radical (unpaired) electrons. The van der Waals surface area contributed by atoms with Crippen molar-refractivity contribution in [1.82, 2.24) is 25.3 Å². The Kier molecular flexibility index (Phi) is 11.7. The minimum Gasteiger partial charge on any atom is -0.478 e. The third kappa shape index (κ3) is 8.72. The molecule has 0 saturated carbocycles. The van der Waals surface area contributed by atoms with Gasteiger partial charge in [-0.1, -0.05) is 48.5 Å². The molecule has 14 heteroatoms. The predicted molar refractivity (Wildman–Crippen MR) is 204 cm³/mol. The van der Waals surface area contributed by atoms with E-state index in [2.05, 4.69) is 20.4 Å². The van der Waals surface area contributed by atoms with E-state index in [4.69, 9.17) is 14.6 Å². The van der Waals surface area contributed by atoms with Gasteiger partial charge in [0.2, 0.25) is 0 Å². The molecule has 6 aromatic rings. The van der Waals surface area contributed by atoms with Crippen LogP contribution in [-0.4, -0.2) is 80.8 Å². The Labute approximate surface area is 319 Å². The molecule has 4 aromatic carbocycles. The molecule has 2 aliphatic rings. The van der Waals surface area contributed by atoms with Gasteiger partial charge >= 0.3 is 5.97 Å². The van der Waals surface area contributed by atoms with E-state index in [1.165, 1.54) is 18.2 Å². The molecule has 0 bridgehead atoms. The maximum absolute atomic E-state index is 14.6. The molecule has 3 N–H and O–H groups in total. The van der Waals surface area contributed by atoms with Gasteiger partial charge in [0.25, 0.3) is 17.0 Å². The fraction of sp³-hybridized carbons (Fsp3) is 0.286. The van der Waals surface area contributed by atoms with E-state index in [0.29, 0.717) is 59.2 Å². The Hall–Kier alpha value is -6.12. The average molecular weight is 764 g/mol. The largest absolute Gasteiger partial charge is 0.478 e. The molecular weight excluding hydrogens is 724 g/mol. The van der Waals surface area contributed by atoms with Gasteiger partial charge in [-0.2, -0.15) is 10.2 Å². The van der Waals surface area contributed by atoms with Crippen molar-refractivity contribution in [2.24, 2.45) is 0 Å². The number of ether oxygens (including phenoxy) is 2. The number of piperidine rings is 1. The summed E-state index contributed by atoms with van der Waals surface area (Å²) < 4.78 is 39.7. The fourth-order valence-electron chi connectivity index (χ4n) is 7.11. The number of benzene rings is 4. The first-order valence-electron chi connectivity index (χ1n) is 18.4. The maximum Gasteiger partial charge on any atom is 0.338 e. The van der Waals surface area contributed by atoms with Crippen LogP contribution in [0.4, 0.5) is 8.78 Å². The fourth-order valence-corrected chi connectivity index (χ4v) is 7.11. The van der Waals surface area contributed by atoms with Gasteiger partial charge in [-0.25, -0.2) is 23.8 Å².